The molecule has 0 spiro atoms. The highest BCUT2D eigenvalue weighted by molar-refractivity contribution is 7.40. The average Bonchev–Trinajstić information content (AvgIpc) is 2.59. The lowest BCUT2D eigenvalue weighted by molar-refractivity contribution is 0.190. The highest BCUT2D eigenvalue weighted by Gasteiger charge is 2.06. The summed E-state index contributed by atoms with van der Waals surface area (Å²) in [6.45, 7) is 3.25. The molecule has 0 fully saturated rings. The largest absolute Gasteiger partial charge is 0.330 e. The van der Waals surface area contributed by atoms with Crippen molar-refractivity contribution in [3.8, 4) is 0 Å². The summed E-state index contributed by atoms with van der Waals surface area (Å²) in [5.74, 6) is 0. The predicted molar refractivity (Wildman–Crippen MR) is 98.2 cm³/mol. The highest BCUT2D eigenvalue weighted by Crippen LogP contribution is 2.34. The van der Waals surface area contributed by atoms with Crippen molar-refractivity contribution in [3.63, 3.8) is 0 Å². The Balaban J connectivity index is 1.83. The summed E-state index contributed by atoms with van der Waals surface area (Å²) >= 11 is 0. The molecule has 1 unspecified atom stereocenters. The fraction of sp³-hybridized carbons (Fsp3) is 0.684. The molecule has 0 aliphatic heterocycles. The third-order valence-electron chi connectivity index (χ3n) is 3.88. The number of hydrogen-bond acceptors (Lipinski definition) is 3. The maximum Gasteiger partial charge on any atom is 0.330 e. The maximum atomic E-state index is 9.67. The summed E-state index contributed by atoms with van der Waals surface area (Å²) in [5.41, 5.74) is 1.05. The molecule has 4 heteroatoms. The SMILES string of the molecule is CCCCCCCCCCCCOP(O)OCc1ccccc1. The van der Waals surface area contributed by atoms with Crippen LogP contribution in [0.4, 0.5) is 0 Å². The number of unbranched alkanes of at least 4 members (excludes halogenated alkanes) is 9. The molecule has 1 aromatic carbocycles. The van der Waals surface area contributed by atoms with Crippen molar-refractivity contribution in [2.24, 2.45) is 0 Å². The normalized spacial score (nSPS) is 12.4. The van der Waals surface area contributed by atoms with Gasteiger partial charge in [0.25, 0.3) is 0 Å². The van der Waals surface area contributed by atoms with E-state index < -0.39 is 8.60 Å². The lowest BCUT2D eigenvalue weighted by Gasteiger charge is -2.10. The second-order valence-corrected chi connectivity index (χ2v) is 7.00. The molecular formula is C19H33O3P. The molecule has 1 rings (SSSR count). The first kappa shape index (κ1) is 20.6. The van der Waals surface area contributed by atoms with E-state index in [0.717, 1.165) is 12.0 Å². The lowest BCUT2D eigenvalue weighted by atomic mass is 10.1. The van der Waals surface area contributed by atoms with Crippen LogP contribution in [0.25, 0.3) is 0 Å². The van der Waals surface area contributed by atoms with Gasteiger partial charge in [-0.2, -0.15) is 0 Å². The van der Waals surface area contributed by atoms with Crippen LogP contribution < -0.4 is 0 Å². The molecule has 0 aromatic heterocycles. The quantitative estimate of drug-likeness (QED) is 0.298. The second kappa shape index (κ2) is 15.1. The standard InChI is InChI=1S/C19H33O3P/c1-2-3-4-5-6-7-8-9-10-14-17-21-23(20)22-18-19-15-12-11-13-16-19/h11-13,15-16,20H,2-10,14,17-18H2,1H3. The third-order valence-corrected chi connectivity index (χ3v) is 4.64. The van der Waals surface area contributed by atoms with Gasteiger partial charge in [-0.1, -0.05) is 95.0 Å². The number of hydrogen-bond donors (Lipinski definition) is 1. The van der Waals surface area contributed by atoms with Crippen molar-refractivity contribution in [2.75, 3.05) is 6.61 Å². The Hall–Kier alpha value is -0.470. The van der Waals surface area contributed by atoms with Gasteiger partial charge in [0.1, 0.15) is 0 Å². The van der Waals surface area contributed by atoms with E-state index in [0.29, 0.717) is 13.2 Å². The van der Waals surface area contributed by atoms with Crippen LogP contribution >= 0.6 is 8.60 Å². The van der Waals surface area contributed by atoms with Crippen LogP contribution in [-0.2, 0) is 15.7 Å². The van der Waals surface area contributed by atoms with E-state index in [1.54, 1.807) is 0 Å². The van der Waals surface area contributed by atoms with Gasteiger partial charge < -0.3 is 13.9 Å². The molecule has 0 bridgehead atoms. The van der Waals surface area contributed by atoms with E-state index in [4.69, 9.17) is 9.05 Å². The van der Waals surface area contributed by atoms with E-state index in [-0.39, 0.29) is 0 Å². The Kier molecular flexibility index (Phi) is 13.5. The Morgan fingerprint density at radius 2 is 1.35 bits per heavy atom. The van der Waals surface area contributed by atoms with Gasteiger partial charge in [0.15, 0.2) is 0 Å². The zero-order valence-electron chi connectivity index (χ0n) is 14.6. The van der Waals surface area contributed by atoms with Gasteiger partial charge in [-0.15, -0.1) is 0 Å². The van der Waals surface area contributed by atoms with Crippen LogP contribution in [0.5, 0.6) is 0 Å². The van der Waals surface area contributed by atoms with Gasteiger partial charge in [0, 0.05) is 0 Å². The predicted octanol–water partition coefficient (Wildman–Crippen LogP) is 6.36. The van der Waals surface area contributed by atoms with Gasteiger partial charge in [0.2, 0.25) is 0 Å². The first-order chi connectivity index (χ1) is 11.3. The van der Waals surface area contributed by atoms with Crippen molar-refractivity contribution in [1.82, 2.24) is 0 Å². The third kappa shape index (κ3) is 12.6. The first-order valence-corrected chi connectivity index (χ1v) is 10.2. The fourth-order valence-corrected chi connectivity index (χ4v) is 3.09. The molecule has 3 nitrogen and oxygen atoms in total. The minimum atomic E-state index is -1.74. The maximum absolute atomic E-state index is 9.67. The zero-order valence-corrected chi connectivity index (χ0v) is 15.5. The van der Waals surface area contributed by atoms with Crippen molar-refractivity contribution in [1.29, 1.82) is 0 Å². The Morgan fingerprint density at radius 1 is 0.783 bits per heavy atom. The van der Waals surface area contributed by atoms with Crippen molar-refractivity contribution >= 4 is 8.60 Å². The summed E-state index contributed by atoms with van der Waals surface area (Å²) in [7, 11) is -1.74. The van der Waals surface area contributed by atoms with Gasteiger partial charge >= 0.3 is 8.60 Å². The lowest BCUT2D eigenvalue weighted by Crippen LogP contribution is -1.94. The molecule has 1 N–H and O–H groups in total. The van der Waals surface area contributed by atoms with Crippen LogP contribution in [0.1, 0.15) is 76.7 Å². The molecule has 0 heterocycles. The van der Waals surface area contributed by atoms with E-state index in [1.807, 2.05) is 30.3 Å². The van der Waals surface area contributed by atoms with E-state index >= 15 is 0 Å². The van der Waals surface area contributed by atoms with Crippen LogP contribution in [0.2, 0.25) is 0 Å². The summed E-state index contributed by atoms with van der Waals surface area (Å²) in [5, 5.41) is 0. The van der Waals surface area contributed by atoms with Crippen LogP contribution in [-0.4, -0.2) is 11.5 Å². The van der Waals surface area contributed by atoms with Gasteiger partial charge in [-0.3, -0.25) is 0 Å². The molecular weight excluding hydrogens is 307 g/mol. The first-order valence-electron chi connectivity index (χ1n) is 9.11. The van der Waals surface area contributed by atoms with Crippen LogP contribution in [0, 0.1) is 0 Å². The van der Waals surface area contributed by atoms with E-state index in [9.17, 15) is 4.89 Å². The van der Waals surface area contributed by atoms with Crippen LogP contribution in [0.3, 0.4) is 0 Å². The fourth-order valence-electron chi connectivity index (χ4n) is 2.47. The van der Waals surface area contributed by atoms with Crippen molar-refractivity contribution < 1.29 is 13.9 Å². The topological polar surface area (TPSA) is 38.7 Å². The second-order valence-electron chi connectivity index (χ2n) is 6.01. The molecule has 132 valence electrons. The van der Waals surface area contributed by atoms with Gasteiger partial charge in [-0.25, -0.2) is 0 Å². The van der Waals surface area contributed by atoms with Gasteiger partial charge in [-0.05, 0) is 12.0 Å². The Labute approximate surface area is 143 Å². The molecule has 0 radical (unpaired) electrons. The Morgan fingerprint density at radius 3 is 1.96 bits per heavy atom. The van der Waals surface area contributed by atoms with Gasteiger partial charge in [0.05, 0.1) is 13.2 Å². The molecule has 23 heavy (non-hydrogen) atoms. The molecule has 0 saturated carbocycles. The summed E-state index contributed by atoms with van der Waals surface area (Å²) in [4.78, 5) is 9.67. The smallest absolute Gasteiger partial charge is 0.328 e. The summed E-state index contributed by atoms with van der Waals surface area (Å²) < 4.78 is 10.7. The molecule has 1 atom stereocenters. The van der Waals surface area contributed by atoms with Crippen LogP contribution in [0.15, 0.2) is 30.3 Å². The highest BCUT2D eigenvalue weighted by atomic mass is 31.2. The van der Waals surface area contributed by atoms with E-state index in [1.165, 1.54) is 57.8 Å². The van der Waals surface area contributed by atoms with E-state index in [2.05, 4.69) is 6.92 Å². The molecule has 0 aliphatic rings. The van der Waals surface area contributed by atoms with Crippen molar-refractivity contribution in [2.45, 2.75) is 77.7 Å². The Bertz CT molecular complexity index is 359. The summed E-state index contributed by atoms with van der Waals surface area (Å²) in [6, 6.07) is 9.84. The molecule has 0 aliphatic carbocycles. The summed E-state index contributed by atoms with van der Waals surface area (Å²) in [6.07, 6.45) is 13.0. The molecule has 0 amide bonds. The monoisotopic (exact) mass is 340 g/mol. The number of benzene rings is 1. The average molecular weight is 340 g/mol. The minimum absolute atomic E-state index is 0.404. The number of rotatable bonds is 15. The minimum Gasteiger partial charge on any atom is -0.328 e. The molecule has 1 aromatic rings. The molecule has 0 saturated heterocycles. The van der Waals surface area contributed by atoms with Crippen molar-refractivity contribution in [3.05, 3.63) is 35.9 Å². The zero-order chi connectivity index (χ0) is 16.6.